The summed E-state index contributed by atoms with van der Waals surface area (Å²) in [5.74, 6) is -0.362. The van der Waals surface area contributed by atoms with Crippen LogP contribution in [0.1, 0.15) is 34.6 Å². The van der Waals surface area contributed by atoms with Crippen LogP contribution in [0, 0.1) is 0 Å². The second-order valence-corrected chi connectivity index (χ2v) is 11.7. The van der Waals surface area contributed by atoms with Crippen LogP contribution in [0.25, 0.3) is 6.08 Å². The maximum atomic E-state index is 13.1. The molecule has 1 N–H and O–H groups in total. The Hall–Kier alpha value is -2.49. The third-order valence-electron chi connectivity index (χ3n) is 5.23. The number of amides is 2. The average molecular weight is 582 g/mol. The number of furan rings is 1. The highest BCUT2D eigenvalue weighted by Crippen LogP contribution is 2.38. The van der Waals surface area contributed by atoms with Crippen molar-refractivity contribution < 1.29 is 18.7 Å². The van der Waals surface area contributed by atoms with Gasteiger partial charge in [0.2, 0.25) is 10.0 Å². The summed E-state index contributed by atoms with van der Waals surface area (Å²) >= 11 is 24.8. The molecule has 2 aromatic carbocycles. The number of benzene rings is 2. The quantitative estimate of drug-likeness (QED) is 0.144. The van der Waals surface area contributed by atoms with Gasteiger partial charge in [-0.25, -0.2) is 0 Å². The molecule has 6 nitrogen and oxygen atoms in total. The van der Waals surface area contributed by atoms with E-state index in [9.17, 15) is 9.59 Å². The second-order valence-electron chi connectivity index (χ2n) is 7.70. The standard InChI is InChI=1S/C25H19Cl3N2O4S2/c1-15(17-6-3-2-4-7-17)30-22(32)20(36-24(30)35)14-16-9-11-18(12-10-16)34-23(25(26,27)28)29-21(31)19-8-5-13-33-19/h2-15,23H,1H3,(H,29,31)/b20-14-/t15-,23-/m0/s1. The maximum Gasteiger partial charge on any atom is 0.289 e. The monoisotopic (exact) mass is 580 g/mol. The Labute approximate surface area is 232 Å². The summed E-state index contributed by atoms with van der Waals surface area (Å²) in [4.78, 5) is 27.5. The van der Waals surface area contributed by atoms with Crippen LogP contribution in [0.3, 0.4) is 0 Å². The number of alkyl halides is 3. The Bertz CT molecular complexity index is 1280. The van der Waals surface area contributed by atoms with Gasteiger partial charge in [-0.3, -0.25) is 14.5 Å². The Kier molecular flexibility index (Phi) is 8.32. The summed E-state index contributed by atoms with van der Waals surface area (Å²) in [5.41, 5.74) is 1.75. The van der Waals surface area contributed by atoms with Gasteiger partial charge in [0.25, 0.3) is 11.8 Å². The van der Waals surface area contributed by atoms with Crippen molar-refractivity contribution in [2.45, 2.75) is 23.0 Å². The lowest BCUT2D eigenvalue weighted by Crippen LogP contribution is -2.47. The highest BCUT2D eigenvalue weighted by molar-refractivity contribution is 8.26. The van der Waals surface area contributed by atoms with E-state index in [0.29, 0.717) is 15.0 Å². The molecule has 2 amide bonds. The molecule has 1 aliphatic rings. The lowest BCUT2D eigenvalue weighted by molar-refractivity contribution is -0.123. The van der Waals surface area contributed by atoms with Gasteiger partial charge in [0.05, 0.1) is 17.2 Å². The molecule has 0 unspecified atom stereocenters. The molecule has 11 heteroatoms. The van der Waals surface area contributed by atoms with E-state index < -0.39 is 15.9 Å². The summed E-state index contributed by atoms with van der Waals surface area (Å²) in [7, 11) is 0. The van der Waals surface area contributed by atoms with E-state index in [1.54, 1.807) is 41.3 Å². The summed E-state index contributed by atoms with van der Waals surface area (Å²) in [6.45, 7) is 1.95. The number of carbonyl (C=O) groups excluding carboxylic acids is 2. The first-order chi connectivity index (χ1) is 17.1. The van der Waals surface area contributed by atoms with Crippen LogP contribution in [0.4, 0.5) is 0 Å². The van der Waals surface area contributed by atoms with Gasteiger partial charge in [0, 0.05) is 0 Å². The minimum absolute atomic E-state index is 0.0482. The van der Waals surface area contributed by atoms with Gasteiger partial charge in [-0.05, 0) is 48.4 Å². The fourth-order valence-corrected chi connectivity index (χ4v) is 5.12. The lowest BCUT2D eigenvalue weighted by atomic mass is 10.1. The molecule has 0 radical (unpaired) electrons. The number of hydrogen-bond acceptors (Lipinski definition) is 6. The third kappa shape index (κ3) is 6.25. The van der Waals surface area contributed by atoms with Crippen molar-refractivity contribution in [3.63, 3.8) is 0 Å². The van der Waals surface area contributed by atoms with Gasteiger partial charge in [0.15, 0.2) is 5.76 Å². The van der Waals surface area contributed by atoms with Crippen LogP contribution < -0.4 is 10.1 Å². The van der Waals surface area contributed by atoms with Gasteiger partial charge in [-0.1, -0.05) is 101 Å². The van der Waals surface area contributed by atoms with Gasteiger partial charge in [-0.15, -0.1) is 0 Å². The van der Waals surface area contributed by atoms with Crippen LogP contribution in [0.5, 0.6) is 5.75 Å². The van der Waals surface area contributed by atoms with E-state index in [4.69, 9.17) is 56.2 Å². The number of nitrogens with zero attached hydrogens (tertiary/aromatic N) is 1. The Morgan fingerprint density at radius 1 is 1.11 bits per heavy atom. The van der Waals surface area contributed by atoms with Crippen molar-refractivity contribution in [2.75, 3.05) is 0 Å². The number of nitrogens with one attached hydrogen (secondary N) is 1. The third-order valence-corrected chi connectivity index (χ3v) is 7.15. The first kappa shape index (κ1) is 26.6. The van der Waals surface area contributed by atoms with Gasteiger partial charge < -0.3 is 14.5 Å². The predicted octanol–water partition coefficient (Wildman–Crippen LogP) is 6.75. The molecule has 1 aliphatic heterocycles. The van der Waals surface area contributed by atoms with Gasteiger partial charge in [-0.2, -0.15) is 0 Å². The molecule has 0 bridgehead atoms. The van der Waals surface area contributed by atoms with E-state index in [0.717, 1.165) is 11.1 Å². The van der Waals surface area contributed by atoms with Crippen molar-refractivity contribution in [1.29, 1.82) is 0 Å². The summed E-state index contributed by atoms with van der Waals surface area (Å²) < 4.78 is 9.32. The summed E-state index contributed by atoms with van der Waals surface area (Å²) in [6, 6.07) is 19.3. The molecule has 1 fully saturated rings. The topological polar surface area (TPSA) is 71.8 Å². The fourth-order valence-electron chi connectivity index (χ4n) is 3.40. The van der Waals surface area contributed by atoms with Crippen LogP contribution in [0.2, 0.25) is 0 Å². The Morgan fingerprint density at radius 2 is 1.81 bits per heavy atom. The number of carbonyl (C=O) groups is 2. The average Bonchev–Trinajstić information content (AvgIpc) is 3.48. The Balaban J connectivity index is 1.46. The van der Waals surface area contributed by atoms with Crippen molar-refractivity contribution in [1.82, 2.24) is 10.2 Å². The molecule has 36 heavy (non-hydrogen) atoms. The molecule has 0 saturated carbocycles. The van der Waals surface area contributed by atoms with E-state index in [1.807, 2.05) is 37.3 Å². The fraction of sp³-hybridized carbons (Fsp3) is 0.160. The highest BCUT2D eigenvalue weighted by Gasteiger charge is 2.37. The summed E-state index contributed by atoms with van der Waals surface area (Å²) in [6.07, 6.45) is 1.82. The zero-order chi connectivity index (χ0) is 25.9. The molecule has 3 aromatic rings. The summed E-state index contributed by atoms with van der Waals surface area (Å²) in [5, 5.41) is 2.49. The minimum Gasteiger partial charge on any atom is -0.466 e. The zero-order valence-electron chi connectivity index (χ0n) is 18.7. The molecule has 1 aromatic heterocycles. The van der Waals surface area contributed by atoms with Gasteiger partial charge in [0.1, 0.15) is 10.1 Å². The zero-order valence-corrected chi connectivity index (χ0v) is 22.6. The molecule has 0 aliphatic carbocycles. The molecule has 2 atom stereocenters. The van der Waals surface area contributed by atoms with Gasteiger partial charge >= 0.3 is 0 Å². The van der Waals surface area contributed by atoms with Crippen molar-refractivity contribution in [3.8, 4) is 5.75 Å². The van der Waals surface area contributed by atoms with Crippen LogP contribution >= 0.6 is 58.8 Å². The van der Waals surface area contributed by atoms with Crippen molar-refractivity contribution >= 4 is 81.0 Å². The number of thiocarbonyl (C=S) groups is 1. The largest absolute Gasteiger partial charge is 0.466 e. The first-order valence-corrected chi connectivity index (χ1v) is 13.0. The van der Waals surface area contributed by atoms with E-state index in [2.05, 4.69) is 5.32 Å². The van der Waals surface area contributed by atoms with Crippen molar-refractivity contribution in [2.24, 2.45) is 0 Å². The number of hydrogen-bond donors (Lipinski definition) is 1. The van der Waals surface area contributed by atoms with Crippen LogP contribution in [-0.2, 0) is 4.79 Å². The molecule has 2 heterocycles. The first-order valence-electron chi connectivity index (χ1n) is 10.6. The molecular formula is C25H19Cl3N2O4S2. The predicted molar refractivity (Wildman–Crippen MR) is 147 cm³/mol. The Morgan fingerprint density at radius 3 is 2.42 bits per heavy atom. The molecule has 4 rings (SSSR count). The number of ether oxygens (including phenoxy) is 1. The highest BCUT2D eigenvalue weighted by atomic mass is 35.6. The maximum absolute atomic E-state index is 13.1. The number of halogens is 3. The van der Waals surface area contributed by atoms with E-state index in [1.165, 1.54) is 24.1 Å². The minimum atomic E-state index is -1.95. The van der Waals surface area contributed by atoms with Crippen LogP contribution in [-0.4, -0.2) is 31.1 Å². The molecule has 1 saturated heterocycles. The molecular weight excluding hydrogens is 563 g/mol. The van der Waals surface area contributed by atoms with Crippen molar-refractivity contribution in [3.05, 3.63) is 94.8 Å². The molecule has 186 valence electrons. The lowest BCUT2D eigenvalue weighted by Gasteiger charge is -2.26. The SMILES string of the molecule is C[C@@H](c1ccccc1)N1C(=O)/C(=C/c2ccc(O[C@H](NC(=O)c3ccco3)C(Cl)(Cl)Cl)cc2)SC1=S. The normalized spacial score (nSPS) is 16.8. The van der Waals surface area contributed by atoms with E-state index in [-0.39, 0.29) is 17.7 Å². The smallest absolute Gasteiger partial charge is 0.289 e. The number of thioether (sulfide) groups is 1. The van der Waals surface area contributed by atoms with Crippen LogP contribution in [0.15, 0.2) is 82.3 Å². The van der Waals surface area contributed by atoms with E-state index >= 15 is 0 Å². The number of rotatable bonds is 7. The molecule has 0 spiro atoms. The second kappa shape index (κ2) is 11.3.